The third kappa shape index (κ3) is 3.63. The molecular weight excluding hydrogens is 308 g/mol. The number of ether oxygens (including phenoxy) is 2. The molecule has 0 saturated carbocycles. The van der Waals surface area contributed by atoms with Gasteiger partial charge in [-0.1, -0.05) is 18.2 Å². The van der Waals surface area contributed by atoms with Crippen molar-refractivity contribution in [3.05, 3.63) is 29.8 Å². The Balaban J connectivity index is 2.21. The molecule has 6 heteroatoms. The number of likely N-dealkylation sites (tertiary alicyclic amines) is 1. The van der Waals surface area contributed by atoms with E-state index in [1.807, 2.05) is 45.0 Å². The molecule has 2 rings (SSSR count). The molecule has 0 atom stereocenters. The second-order valence-corrected chi connectivity index (χ2v) is 7.11. The molecule has 1 aliphatic heterocycles. The second kappa shape index (κ2) is 6.71. The summed E-state index contributed by atoms with van der Waals surface area (Å²) >= 11 is 0. The maximum Gasteiger partial charge on any atom is 0.410 e. The van der Waals surface area contributed by atoms with Crippen molar-refractivity contribution < 1.29 is 19.1 Å². The van der Waals surface area contributed by atoms with Crippen molar-refractivity contribution in [2.75, 3.05) is 20.2 Å². The number of nitrogens with two attached hydrogens (primary N) is 1. The number of rotatable bonds is 3. The van der Waals surface area contributed by atoms with Gasteiger partial charge in [-0.25, -0.2) is 4.79 Å². The zero-order valence-electron chi connectivity index (χ0n) is 14.8. The fourth-order valence-corrected chi connectivity index (χ4v) is 3.09. The minimum Gasteiger partial charge on any atom is -0.496 e. The van der Waals surface area contributed by atoms with Gasteiger partial charge in [-0.2, -0.15) is 0 Å². The largest absolute Gasteiger partial charge is 0.496 e. The van der Waals surface area contributed by atoms with E-state index >= 15 is 0 Å². The third-order valence-electron chi connectivity index (χ3n) is 4.36. The van der Waals surface area contributed by atoms with Gasteiger partial charge in [-0.05, 0) is 39.7 Å². The molecule has 1 heterocycles. The molecule has 1 saturated heterocycles. The van der Waals surface area contributed by atoms with Crippen molar-refractivity contribution in [1.82, 2.24) is 4.90 Å². The maximum absolute atomic E-state index is 12.3. The van der Waals surface area contributed by atoms with E-state index in [2.05, 4.69) is 0 Å². The molecule has 0 spiro atoms. The van der Waals surface area contributed by atoms with Gasteiger partial charge in [0.1, 0.15) is 11.4 Å². The molecule has 132 valence electrons. The van der Waals surface area contributed by atoms with E-state index in [1.165, 1.54) is 0 Å². The van der Waals surface area contributed by atoms with Crippen LogP contribution in [-0.4, -0.2) is 42.7 Å². The Kier molecular flexibility index (Phi) is 5.06. The fraction of sp³-hybridized carbons (Fsp3) is 0.556. The van der Waals surface area contributed by atoms with Crippen molar-refractivity contribution in [2.45, 2.75) is 44.6 Å². The van der Waals surface area contributed by atoms with E-state index in [1.54, 1.807) is 12.0 Å². The van der Waals surface area contributed by atoms with Crippen molar-refractivity contribution in [3.63, 3.8) is 0 Å². The van der Waals surface area contributed by atoms with Crippen molar-refractivity contribution in [2.24, 2.45) is 5.73 Å². The molecule has 2 N–H and O–H groups in total. The lowest BCUT2D eigenvalue weighted by Crippen LogP contribution is -2.52. The first kappa shape index (κ1) is 18.1. The van der Waals surface area contributed by atoms with Crippen LogP contribution in [0.3, 0.4) is 0 Å². The van der Waals surface area contributed by atoms with Crippen LogP contribution < -0.4 is 10.5 Å². The minimum absolute atomic E-state index is 0.361. The highest BCUT2D eigenvalue weighted by molar-refractivity contribution is 5.88. The van der Waals surface area contributed by atoms with Gasteiger partial charge < -0.3 is 20.1 Å². The lowest BCUT2D eigenvalue weighted by atomic mass is 9.72. The summed E-state index contributed by atoms with van der Waals surface area (Å²) < 4.78 is 10.8. The standard InChI is InChI=1S/C18H26N2O4/c1-17(2,3)24-16(22)20-11-9-18(10-12-20,15(19)21)13-7-5-6-8-14(13)23-4/h5-8H,9-12H2,1-4H3,(H2,19,21). The molecule has 1 aliphatic rings. The number of benzene rings is 1. The molecule has 0 aliphatic carbocycles. The summed E-state index contributed by atoms with van der Waals surface area (Å²) in [6, 6.07) is 7.41. The lowest BCUT2D eigenvalue weighted by molar-refractivity contribution is -0.125. The Morgan fingerprint density at radius 1 is 1.17 bits per heavy atom. The Hall–Kier alpha value is -2.24. The highest BCUT2D eigenvalue weighted by atomic mass is 16.6. The normalized spacial score (nSPS) is 17.2. The van der Waals surface area contributed by atoms with Crippen LogP contribution in [0.25, 0.3) is 0 Å². The molecule has 24 heavy (non-hydrogen) atoms. The summed E-state index contributed by atoms with van der Waals surface area (Å²) in [5.41, 5.74) is 5.16. The third-order valence-corrected chi connectivity index (χ3v) is 4.36. The summed E-state index contributed by atoms with van der Waals surface area (Å²) in [7, 11) is 1.57. The predicted molar refractivity (Wildman–Crippen MR) is 90.9 cm³/mol. The van der Waals surface area contributed by atoms with Crippen LogP contribution >= 0.6 is 0 Å². The second-order valence-electron chi connectivity index (χ2n) is 7.11. The summed E-state index contributed by atoms with van der Waals surface area (Å²) in [5, 5.41) is 0. The van der Waals surface area contributed by atoms with Gasteiger partial charge >= 0.3 is 6.09 Å². The van der Waals surface area contributed by atoms with Gasteiger partial charge in [-0.3, -0.25) is 4.79 Å². The Bertz CT molecular complexity index is 614. The van der Waals surface area contributed by atoms with E-state index in [4.69, 9.17) is 15.2 Å². The van der Waals surface area contributed by atoms with Crippen molar-refractivity contribution in [1.29, 1.82) is 0 Å². The molecule has 0 aromatic heterocycles. The summed E-state index contributed by atoms with van der Waals surface area (Å²) in [6.07, 6.45) is 0.532. The van der Waals surface area contributed by atoms with Gasteiger partial charge in [0, 0.05) is 18.7 Å². The Morgan fingerprint density at radius 3 is 2.25 bits per heavy atom. The van der Waals surface area contributed by atoms with Crippen LogP contribution in [0.2, 0.25) is 0 Å². The van der Waals surface area contributed by atoms with Gasteiger partial charge in [-0.15, -0.1) is 0 Å². The lowest BCUT2D eigenvalue weighted by Gasteiger charge is -2.40. The molecule has 1 aromatic carbocycles. The first-order chi connectivity index (χ1) is 11.2. The molecular formula is C18H26N2O4. The Labute approximate surface area is 142 Å². The maximum atomic E-state index is 12.3. The van der Waals surface area contributed by atoms with Gasteiger partial charge in [0.05, 0.1) is 12.5 Å². The number of methoxy groups -OCH3 is 1. The van der Waals surface area contributed by atoms with Crippen LogP contribution in [0.4, 0.5) is 4.79 Å². The zero-order chi connectivity index (χ0) is 18.0. The van der Waals surface area contributed by atoms with Crippen LogP contribution in [0.15, 0.2) is 24.3 Å². The minimum atomic E-state index is -0.828. The summed E-state index contributed by atoms with van der Waals surface area (Å²) in [6.45, 7) is 6.32. The number of piperidine rings is 1. The summed E-state index contributed by atoms with van der Waals surface area (Å²) in [5.74, 6) is 0.248. The summed E-state index contributed by atoms with van der Waals surface area (Å²) in [4.78, 5) is 26.1. The van der Waals surface area contributed by atoms with Gasteiger partial charge in [0.25, 0.3) is 0 Å². The number of amides is 2. The van der Waals surface area contributed by atoms with Gasteiger partial charge in [0.2, 0.25) is 5.91 Å². The highest BCUT2D eigenvalue weighted by Crippen LogP contribution is 2.40. The zero-order valence-corrected chi connectivity index (χ0v) is 14.8. The van der Waals surface area contributed by atoms with E-state index in [-0.39, 0.29) is 6.09 Å². The molecule has 0 unspecified atom stereocenters. The topological polar surface area (TPSA) is 81.9 Å². The Morgan fingerprint density at radius 2 is 1.75 bits per heavy atom. The smallest absolute Gasteiger partial charge is 0.410 e. The van der Waals surface area contributed by atoms with Crippen LogP contribution in [0.1, 0.15) is 39.2 Å². The molecule has 6 nitrogen and oxygen atoms in total. The number of carbonyl (C=O) groups excluding carboxylic acids is 2. The number of primary amides is 1. The number of hydrogen-bond donors (Lipinski definition) is 1. The SMILES string of the molecule is COc1ccccc1C1(C(N)=O)CCN(C(=O)OC(C)(C)C)CC1. The first-order valence-corrected chi connectivity index (χ1v) is 8.11. The van der Waals surface area contributed by atoms with E-state index < -0.39 is 16.9 Å². The van der Waals surface area contributed by atoms with Gasteiger partial charge in [0.15, 0.2) is 0 Å². The van der Waals surface area contributed by atoms with Crippen molar-refractivity contribution in [3.8, 4) is 5.75 Å². The molecule has 0 radical (unpaired) electrons. The van der Waals surface area contributed by atoms with E-state index in [9.17, 15) is 9.59 Å². The average Bonchev–Trinajstić information content (AvgIpc) is 2.53. The van der Waals surface area contributed by atoms with Crippen LogP contribution in [0.5, 0.6) is 5.75 Å². The molecule has 0 bridgehead atoms. The van der Waals surface area contributed by atoms with E-state index in [0.717, 1.165) is 5.56 Å². The first-order valence-electron chi connectivity index (χ1n) is 8.11. The average molecular weight is 334 g/mol. The molecule has 1 fully saturated rings. The molecule has 1 aromatic rings. The van der Waals surface area contributed by atoms with E-state index in [0.29, 0.717) is 31.7 Å². The molecule has 2 amide bonds. The number of hydrogen-bond acceptors (Lipinski definition) is 4. The number of carbonyl (C=O) groups is 2. The quantitative estimate of drug-likeness (QED) is 0.920. The monoisotopic (exact) mass is 334 g/mol. The fourth-order valence-electron chi connectivity index (χ4n) is 3.09. The predicted octanol–water partition coefficient (Wildman–Crippen LogP) is 2.45. The highest BCUT2D eigenvalue weighted by Gasteiger charge is 2.44. The van der Waals surface area contributed by atoms with Crippen molar-refractivity contribution >= 4 is 12.0 Å². The van der Waals surface area contributed by atoms with Crippen LogP contribution in [0, 0.1) is 0 Å². The number of para-hydroxylation sites is 1. The van der Waals surface area contributed by atoms with Crippen LogP contribution in [-0.2, 0) is 14.9 Å². The number of nitrogens with zero attached hydrogens (tertiary/aromatic N) is 1.